The van der Waals surface area contributed by atoms with E-state index in [1.54, 1.807) is 29.2 Å². The summed E-state index contributed by atoms with van der Waals surface area (Å²) >= 11 is 3.41. The number of fused-ring (bicyclic) bond motifs is 2. The topological polar surface area (TPSA) is 67.6 Å². The number of benzene rings is 2. The molecule has 1 aromatic heterocycles. The van der Waals surface area contributed by atoms with Gasteiger partial charge in [0.1, 0.15) is 11.1 Å². The van der Waals surface area contributed by atoms with E-state index in [0.717, 1.165) is 16.6 Å². The van der Waals surface area contributed by atoms with E-state index < -0.39 is 11.4 Å². The Morgan fingerprint density at radius 2 is 1.93 bits per heavy atom. The number of allylic oxidation sites excluding steroid dienone is 1. The van der Waals surface area contributed by atoms with Crippen molar-refractivity contribution in [1.82, 2.24) is 0 Å². The first-order valence-corrected chi connectivity index (χ1v) is 9.69. The van der Waals surface area contributed by atoms with Crippen molar-refractivity contribution < 1.29 is 14.0 Å². The standard InChI is InChI=1S/C22H16BrNO4/c1-2-9-24-18-8-7-14(23)11-15(18)16(21(24)26)12-19(25)17-10-13-5-3-4-6-20(13)28-22(17)27/h3-8,10-12H,2,9H2,1H3/b16-12-. The molecule has 0 saturated carbocycles. The van der Waals surface area contributed by atoms with Gasteiger partial charge in [-0.15, -0.1) is 0 Å². The maximum Gasteiger partial charge on any atom is 0.347 e. The number of para-hydroxylation sites is 1. The summed E-state index contributed by atoms with van der Waals surface area (Å²) in [4.78, 5) is 39.7. The highest BCUT2D eigenvalue weighted by molar-refractivity contribution is 9.10. The number of carbonyl (C=O) groups is 2. The molecule has 6 heteroatoms. The highest BCUT2D eigenvalue weighted by Crippen LogP contribution is 2.38. The molecule has 2 heterocycles. The Kier molecular flexibility index (Phi) is 4.73. The summed E-state index contributed by atoms with van der Waals surface area (Å²) in [6, 6.07) is 14.0. The number of halogens is 1. The normalized spacial score (nSPS) is 14.7. The van der Waals surface area contributed by atoms with E-state index in [2.05, 4.69) is 15.9 Å². The molecule has 1 aliphatic rings. The second kappa shape index (κ2) is 7.20. The van der Waals surface area contributed by atoms with Gasteiger partial charge in [0.05, 0.1) is 11.3 Å². The molecule has 0 spiro atoms. The number of hydrogen-bond acceptors (Lipinski definition) is 4. The van der Waals surface area contributed by atoms with Gasteiger partial charge in [0.25, 0.3) is 5.91 Å². The van der Waals surface area contributed by atoms with Gasteiger partial charge in [-0.2, -0.15) is 0 Å². The number of hydrogen-bond donors (Lipinski definition) is 0. The molecule has 0 unspecified atom stereocenters. The van der Waals surface area contributed by atoms with Gasteiger partial charge < -0.3 is 9.32 Å². The minimum Gasteiger partial charge on any atom is -0.422 e. The van der Waals surface area contributed by atoms with Crippen molar-refractivity contribution in [3.63, 3.8) is 0 Å². The lowest BCUT2D eigenvalue weighted by Crippen LogP contribution is -2.27. The van der Waals surface area contributed by atoms with Gasteiger partial charge in [0, 0.05) is 22.0 Å². The summed E-state index contributed by atoms with van der Waals surface area (Å²) in [6.07, 6.45) is 2.03. The van der Waals surface area contributed by atoms with Crippen molar-refractivity contribution in [2.24, 2.45) is 0 Å². The van der Waals surface area contributed by atoms with Gasteiger partial charge in [-0.05, 0) is 42.8 Å². The summed E-state index contributed by atoms with van der Waals surface area (Å²) in [7, 11) is 0. The predicted octanol–water partition coefficient (Wildman–Crippen LogP) is 4.58. The third-order valence-corrected chi connectivity index (χ3v) is 5.14. The van der Waals surface area contributed by atoms with Crippen LogP contribution in [0.4, 0.5) is 5.69 Å². The van der Waals surface area contributed by atoms with Crippen LogP contribution in [0.15, 0.2) is 68.3 Å². The molecule has 1 amide bonds. The number of anilines is 1. The Labute approximate surface area is 169 Å². The van der Waals surface area contributed by atoms with Crippen molar-refractivity contribution in [2.45, 2.75) is 13.3 Å². The van der Waals surface area contributed by atoms with Crippen molar-refractivity contribution in [1.29, 1.82) is 0 Å². The van der Waals surface area contributed by atoms with Crippen LogP contribution in [0.3, 0.4) is 0 Å². The Hall–Kier alpha value is -2.99. The lowest BCUT2D eigenvalue weighted by molar-refractivity contribution is -0.113. The highest BCUT2D eigenvalue weighted by Gasteiger charge is 2.32. The minimum atomic E-state index is -0.717. The first-order valence-electron chi connectivity index (χ1n) is 8.90. The van der Waals surface area contributed by atoms with Crippen molar-refractivity contribution >= 4 is 49.9 Å². The molecule has 0 saturated heterocycles. The lowest BCUT2D eigenvalue weighted by Gasteiger charge is -2.15. The predicted molar refractivity (Wildman–Crippen MR) is 112 cm³/mol. The fourth-order valence-electron chi connectivity index (χ4n) is 3.36. The highest BCUT2D eigenvalue weighted by atomic mass is 79.9. The third kappa shape index (κ3) is 3.10. The number of carbonyl (C=O) groups excluding carboxylic acids is 2. The van der Waals surface area contributed by atoms with Crippen molar-refractivity contribution in [3.05, 3.63) is 80.6 Å². The second-order valence-corrected chi connectivity index (χ2v) is 7.44. The molecule has 28 heavy (non-hydrogen) atoms. The lowest BCUT2D eigenvalue weighted by atomic mass is 10.0. The fourth-order valence-corrected chi connectivity index (χ4v) is 3.72. The molecule has 0 aliphatic carbocycles. The molecular formula is C22H16BrNO4. The van der Waals surface area contributed by atoms with E-state index in [4.69, 9.17) is 4.42 Å². The quantitative estimate of drug-likeness (QED) is 0.340. The SMILES string of the molecule is CCCN1C(=O)/C(=C\C(=O)c2cc3ccccc3oc2=O)c2cc(Br)ccc21. The van der Waals surface area contributed by atoms with Crippen LogP contribution in [0.5, 0.6) is 0 Å². The molecule has 0 fully saturated rings. The van der Waals surface area contributed by atoms with Crippen LogP contribution in [0, 0.1) is 0 Å². The number of amides is 1. The zero-order valence-electron chi connectivity index (χ0n) is 15.1. The number of ketones is 1. The first kappa shape index (κ1) is 18.4. The maximum absolute atomic E-state index is 12.9. The van der Waals surface area contributed by atoms with E-state index in [-0.39, 0.29) is 17.0 Å². The average molecular weight is 438 g/mol. The zero-order chi connectivity index (χ0) is 19.8. The molecule has 140 valence electrons. The summed E-state index contributed by atoms with van der Waals surface area (Å²) in [5.74, 6) is -0.791. The van der Waals surface area contributed by atoms with E-state index in [9.17, 15) is 14.4 Å². The van der Waals surface area contributed by atoms with Crippen molar-refractivity contribution in [3.8, 4) is 0 Å². The van der Waals surface area contributed by atoms with E-state index in [1.807, 2.05) is 25.1 Å². The summed E-state index contributed by atoms with van der Waals surface area (Å²) in [5, 5.41) is 0.650. The molecule has 0 radical (unpaired) electrons. The Balaban J connectivity index is 1.82. The van der Waals surface area contributed by atoms with Crippen LogP contribution in [0.1, 0.15) is 29.3 Å². The zero-order valence-corrected chi connectivity index (χ0v) is 16.7. The van der Waals surface area contributed by atoms with Crippen LogP contribution in [-0.2, 0) is 4.79 Å². The molecule has 2 aromatic carbocycles. The summed E-state index contributed by atoms with van der Waals surface area (Å²) in [6.45, 7) is 2.54. The molecule has 1 aliphatic heterocycles. The Morgan fingerprint density at radius 3 is 2.71 bits per heavy atom. The molecule has 0 bridgehead atoms. The van der Waals surface area contributed by atoms with Gasteiger partial charge in [0.2, 0.25) is 0 Å². The maximum atomic E-state index is 12.9. The smallest absolute Gasteiger partial charge is 0.347 e. The number of nitrogens with zero attached hydrogens (tertiary/aromatic N) is 1. The first-order chi connectivity index (χ1) is 13.5. The van der Waals surface area contributed by atoms with Gasteiger partial charge in [-0.3, -0.25) is 9.59 Å². The second-order valence-electron chi connectivity index (χ2n) is 6.53. The Morgan fingerprint density at radius 1 is 1.14 bits per heavy atom. The molecule has 0 N–H and O–H groups in total. The van der Waals surface area contributed by atoms with Crippen LogP contribution < -0.4 is 10.5 Å². The van der Waals surface area contributed by atoms with Crippen LogP contribution >= 0.6 is 15.9 Å². The van der Waals surface area contributed by atoms with Gasteiger partial charge in [-0.1, -0.05) is 41.1 Å². The van der Waals surface area contributed by atoms with E-state index >= 15 is 0 Å². The minimum absolute atomic E-state index is 0.0931. The summed E-state index contributed by atoms with van der Waals surface area (Å²) in [5.41, 5.74) is 1.32. The largest absolute Gasteiger partial charge is 0.422 e. The number of rotatable bonds is 4. The van der Waals surface area contributed by atoms with E-state index in [0.29, 0.717) is 23.1 Å². The molecule has 4 rings (SSSR count). The average Bonchev–Trinajstić information content (AvgIpc) is 2.93. The van der Waals surface area contributed by atoms with Gasteiger partial charge in [0.15, 0.2) is 5.78 Å². The Bertz CT molecular complexity index is 1210. The van der Waals surface area contributed by atoms with Crippen molar-refractivity contribution in [2.75, 3.05) is 11.4 Å². The van der Waals surface area contributed by atoms with Gasteiger partial charge in [-0.25, -0.2) is 4.79 Å². The molecule has 0 atom stereocenters. The monoisotopic (exact) mass is 437 g/mol. The fraction of sp³-hybridized carbons (Fsp3) is 0.136. The van der Waals surface area contributed by atoms with Crippen LogP contribution in [0.2, 0.25) is 0 Å². The van der Waals surface area contributed by atoms with Crippen LogP contribution in [-0.4, -0.2) is 18.2 Å². The van der Waals surface area contributed by atoms with E-state index in [1.165, 1.54) is 12.1 Å². The molecule has 5 nitrogen and oxygen atoms in total. The third-order valence-electron chi connectivity index (χ3n) is 4.64. The molecular weight excluding hydrogens is 422 g/mol. The van der Waals surface area contributed by atoms with Gasteiger partial charge >= 0.3 is 5.63 Å². The van der Waals surface area contributed by atoms with Crippen LogP contribution in [0.25, 0.3) is 16.5 Å². The molecule has 3 aromatic rings. The summed E-state index contributed by atoms with van der Waals surface area (Å²) < 4.78 is 6.05.